The van der Waals surface area contributed by atoms with Crippen molar-refractivity contribution in [3.63, 3.8) is 0 Å². The van der Waals surface area contributed by atoms with Gasteiger partial charge in [0, 0.05) is 29.3 Å². The van der Waals surface area contributed by atoms with Crippen molar-refractivity contribution in [2.45, 2.75) is 0 Å². The average molecular weight is 383 g/mol. The van der Waals surface area contributed by atoms with Gasteiger partial charge in [-0.25, -0.2) is 13.6 Å². The number of amides is 1. The monoisotopic (exact) mass is 383 g/mol. The first-order valence-corrected chi connectivity index (χ1v) is 8.14. The fourth-order valence-corrected chi connectivity index (χ4v) is 2.41. The molecule has 0 saturated carbocycles. The molecule has 0 unspecified atom stereocenters. The summed E-state index contributed by atoms with van der Waals surface area (Å²) in [6.45, 7) is 0. The third-order valence-corrected chi connectivity index (χ3v) is 3.74. The number of pyridine rings is 1. The van der Waals surface area contributed by atoms with E-state index < -0.39 is 23.5 Å². The lowest BCUT2D eigenvalue weighted by Crippen LogP contribution is -2.14. The summed E-state index contributed by atoms with van der Waals surface area (Å²) < 4.78 is 31.0. The number of hydrogen-bond donors (Lipinski definition) is 2. The molecule has 3 aromatic rings. The number of hydrogen-bond acceptors (Lipinski definition) is 5. The molecule has 0 spiro atoms. The van der Waals surface area contributed by atoms with Gasteiger partial charge in [0.2, 0.25) is 0 Å². The summed E-state index contributed by atoms with van der Waals surface area (Å²) in [7, 11) is 1.27. The molecule has 0 aliphatic heterocycles. The highest BCUT2D eigenvalue weighted by Gasteiger charge is 2.11. The Morgan fingerprint density at radius 3 is 2.46 bits per heavy atom. The van der Waals surface area contributed by atoms with E-state index in [1.807, 2.05) is 0 Å². The molecule has 2 N–H and O–H groups in total. The molecular weight excluding hydrogens is 368 g/mol. The van der Waals surface area contributed by atoms with Crippen molar-refractivity contribution in [1.82, 2.24) is 4.98 Å². The number of nitrogens with one attached hydrogen (secondary N) is 2. The fraction of sp³-hybridized carbons (Fsp3) is 0.0500. The Hall–Kier alpha value is -3.81. The van der Waals surface area contributed by atoms with Crippen molar-refractivity contribution in [3.8, 4) is 0 Å². The van der Waals surface area contributed by atoms with Gasteiger partial charge in [-0.2, -0.15) is 0 Å². The van der Waals surface area contributed by atoms with Gasteiger partial charge in [0.05, 0.1) is 12.7 Å². The number of rotatable bonds is 5. The van der Waals surface area contributed by atoms with E-state index in [-0.39, 0.29) is 5.69 Å². The number of aromatic nitrogens is 1. The van der Waals surface area contributed by atoms with Gasteiger partial charge in [-0.3, -0.25) is 9.78 Å². The van der Waals surface area contributed by atoms with E-state index in [9.17, 15) is 18.4 Å². The first-order chi connectivity index (χ1) is 13.5. The molecule has 0 fully saturated rings. The van der Waals surface area contributed by atoms with Gasteiger partial charge in [-0.05, 0) is 42.5 Å². The highest BCUT2D eigenvalue weighted by molar-refractivity contribution is 6.04. The Bertz CT molecular complexity index is 1040. The maximum Gasteiger partial charge on any atom is 0.337 e. The van der Waals surface area contributed by atoms with Crippen molar-refractivity contribution in [2.24, 2.45) is 0 Å². The molecule has 1 amide bonds. The molecule has 6 nitrogen and oxygen atoms in total. The number of ether oxygens (including phenoxy) is 1. The molecule has 0 aliphatic carbocycles. The summed E-state index contributed by atoms with van der Waals surface area (Å²) in [6, 6.07) is 12.7. The quantitative estimate of drug-likeness (QED) is 0.647. The predicted molar refractivity (Wildman–Crippen MR) is 99.6 cm³/mol. The molecule has 0 bridgehead atoms. The van der Waals surface area contributed by atoms with E-state index >= 15 is 0 Å². The molecular formula is C20H15F2N3O3. The second kappa shape index (κ2) is 8.26. The van der Waals surface area contributed by atoms with Gasteiger partial charge >= 0.3 is 5.97 Å². The molecule has 1 aromatic heterocycles. The second-order valence-electron chi connectivity index (χ2n) is 5.71. The topological polar surface area (TPSA) is 80.3 Å². The molecule has 8 heteroatoms. The Morgan fingerprint density at radius 1 is 0.929 bits per heavy atom. The van der Waals surface area contributed by atoms with Crippen LogP contribution in [0.1, 0.15) is 20.8 Å². The third-order valence-electron chi connectivity index (χ3n) is 3.74. The highest BCUT2D eigenvalue weighted by atomic mass is 19.2. The van der Waals surface area contributed by atoms with E-state index in [0.717, 1.165) is 12.1 Å². The summed E-state index contributed by atoms with van der Waals surface area (Å²) in [5, 5.41) is 5.51. The van der Waals surface area contributed by atoms with Crippen LogP contribution in [-0.2, 0) is 4.74 Å². The van der Waals surface area contributed by atoms with Crippen molar-refractivity contribution >= 4 is 28.9 Å². The lowest BCUT2D eigenvalue weighted by atomic mass is 10.2. The van der Waals surface area contributed by atoms with Crippen LogP contribution < -0.4 is 10.6 Å². The standard InChI is InChI=1S/C20H15F2N3O3/c1-28-20(27)12-3-2-4-13(9-12)25-19(26)18-11-15(7-8-23-18)24-14-5-6-16(21)17(22)10-14/h2-11H,1H3,(H,23,24)(H,25,26). The van der Waals surface area contributed by atoms with E-state index in [1.54, 1.807) is 24.3 Å². The van der Waals surface area contributed by atoms with Gasteiger partial charge < -0.3 is 15.4 Å². The SMILES string of the molecule is COC(=O)c1cccc(NC(=O)c2cc(Nc3ccc(F)c(F)c3)ccn2)c1. The van der Waals surface area contributed by atoms with Crippen molar-refractivity contribution < 1.29 is 23.1 Å². The first kappa shape index (κ1) is 19.0. The number of anilines is 3. The predicted octanol–water partition coefficient (Wildman–Crippen LogP) is 4.14. The maximum atomic E-state index is 13.3. The van der Waals surface area contributed by atoms with Gasteiger partial charge in [0.15, 0.2) is 11.6 Å². The van der Waals surface area contributed by atoms with E-state index in [1.165, 1.54) is 31.5 Å². The lowest BCUT2D eigenvalue weighted by Gasteiger charge is -2.09. The molecule has 3 rings (SSSR count). The van der Waals surface area contributed by atoms with Crippen LogP contribution in [-0.4, -0.2) is 24.0 Å². The van der Waals surface area contributed by atoms with Gasteiger partial charge in [0.1, 0.15) is 5.69 Å². The van der Waals surface area contributed by atoms with Crippen LogP contribution in [0.2, 0.25) is 0 Å². The number of carbonyl (C=O) groups is 2. The zero-order valence-electron chi connectivity index (χ0n) is 14.7. The maximum absolute atomic E-state index is 13.3. The molecule has 142 valence electrons. The number of esters is 1. The van der Waals surface area contributed by atoms with Crippen molar-refractivity contribution in [3.05, 3.63) is 83.7 Å². The van der Waals surface area contributed by atoms with Gasteiger partial charge in [-0.15, -0.1) is 0 Å². The summed E-state index contributed by atoms with van der Waals surface area (Å²) in [6.07, 6.45) is 1.40. The van der Waals surface area contributed by atoms with Crippen LogP contribution in [0.4, 0.5) is 25.8 Å². The number of halogens is 2. The molecule has 28 heavy (non-hydrogen) atoms. The summed E-state index contributed by atoms with van der Waals surface area (Å²) in [5.41, 5.74) is 1.57. The molecule has 1 heterocycles. The first-order valence-electron chi connectivity index (χ1n) is 8.14. The number of methoxy groups -OCH3 is 1. The smallest absolute Gasteiger partial charge is 0.337 e. The number of nitrogens with zero attached hydrogens (tertiary/aromatic N) is 1. The Kier molecular flexibility index (Phi) is 5.59. The average Bonchev–Trinajstić information content (AvgIpc) is 2.70. The van der Waals surface area contributed by atoms with Crippen LogP contribution in [0.3, 0.4) is 0 Å². The minimum Gasteiger partial charge on any atom is -0.465 e. The van der Waals surface area contributed by atoms with E-state index in [4.69, 9.17) is 0 Å². The second-order valence-corrected chi connectivity index (χ2v) is 5.71. The molecule has 0 saturated heterocycles. The minimum absolute atomic E-state index is 0.0936. The fourth-order valence-electron chi connectivity index (χ4n) is 2.41. The van der Waals surface area contributed by atoms with Crippen LogP contribution >= 0.6 is 0 Å². The summed E-state index contributed by atoms with van der Waals surface area (Å²) in [5.74, 6) is -2.96. The minimum atomic E-state index is -0.984. The lowest BCUT2D eigenvalue weighted by molar-refractivity contribution is 0.0600. The number of benzene rings is 2. The molecule has 0 aliphatic rings. The number of carbonyl (C=O) groups excluding carboxylic acids is 2. The normalized spacial score (nSPS) is 10.2. The Labute approximate surface area is 159 Å². The molecule has 0 radical (unpaired) electrons. The highest BCUT2D eigenvalue weighted by Crippen LogP contribution is 2.20. The largest absolute Gasteiger partial charge is 0.465 e. The third kappa shape index (κ3) is 4.47. The Balaban J connectivity index is 1.75. The molecule has 0 atom stereocenters. The van der Waals surface area contributed by atoms with Gasteiger partial charge in [-0.1, -0.05) is 6.07 Å². The van der Waals surface area contributed by atoms with Crippen LogP contribution in [0.5, 0.6) is 0 Å². The molecule has 2 aromatic carbocycles. The zero-order valence-corrected chi connectivity index (χ0v) is 14.7. The summed E-state index contributed by atoms with van der Waals surface area (Å²) >= 11 is 0. The van der Waals surface area contributed by atoms with E-state index in [0.29, 0.717) is 22.6 Å². The van der Waals surface area contributed by atoms with E-state index in [2.05, 4.69) is 20.4 Å². The Morgan fingerprint density at radius 2 is 1.71 bits per heavy atom. The van der Waals surface area contributed by atoms with Crippen LogP contribution in [0.25, 0.3) is 0 Å². The van der Waals surface area contributed by atoms with Crippen molar-refractivity contribution in [2.75, 3.05) is 17.7 Å². The van der Waals surface area contributed by atoms with Crippen LogP contribution in [0.15, 0.2) is 60.8 Å². The van der Waals surface area contributed by atoms with Gasteiger partial charge in [0.25, 0.3) is 5.91 Å². The summed E-state index contributed by atoms with van der Waals surface area (Å²) in [4.78, 5) is 28.0. The van der Waals surface area contributed by atoms with Crippen molar-refractivity contribution in [1.29, 1.82) is 0 Å². The van der Waals surface area contributed by atoms with Crippen LogP contribution in [0, 0.1) is 11.6 Å². The zero-order chi connectivity index (χ0) is 20.1.